The smallest absolute Gasteiger partial charge is 0.216 e. The van der Waals surface area contributed by atoms with Gasteiger partial charge in [-0.2, -0.15) is 0 Å². The Bertz CT molecular complexity index is 1130. The second-order valence-corrected chi connectivity index (χ2v) is 9.43. The molecule has 2 aromatic carbocycles. The zero-order chi connectivity index (χ0) is 21.8. The average Bonchev–Trinajstić information content (AvgIpc) is 2.92. The van der Waals surface area contributed by atoms with Gasteiger partial charge in [-0.15, -0.1) is 0 Å². The maximum Gasteiger partial charge on any atom is 0.216 e. The number of amides is 1. The molecule has 162 valence electrons. The predicted molar refractivity (Wildman–Crippen MR) is 127 cm³/mol. The lowest BCUT2D eigenvalue weighted by molar-refractivity contribution is -0.118. The molecule has 2 N–H and O–H groups in total. The summed E-state index contributed by atoms with van der Waals surface area (Å²) < 4.78 is 12.7. The molecule has 0 spiro atoms. The minimum absolute atomic E-state index is 0.00824. The van der Waals surface area contributed by atoms with Crippen molar-refractivity contribution >= 4 is 39.1 Å². The molecular weight excluding hydrogens is 408 g/mol. The van der Waals surface area contributed by atoms with Gasteiger partial charge in [-0.3, -0.25) is 9.00 Å². The largest absolute Gasteiger partial charge is 0.384 e. The van der Waals surface area contributed by atoms with Crippen LogP contribution in [-0.2, 0) is 22.1 Å². The Balaban J connectivity index is 1.63. The van der Waals surface area contributed by atoms with Gasteiger partial charge in [-0.1, -0.05) is 29.8 Å². The monoisotopic (exact) mass is 436 g/mol. The second kappa shape index (κ2) is 9.47. The highest BCUT2D eigenvalue weighted by Crippen LogP contribution is 2.30. The van der Waals surface area contributed by atoms with Crippen LogP contribution in [0.15, 0.2) is 53.4 Å². The molecule has 1 aliphatic heterocycles. The van der Waals surface area contributed by atoms with Crippen molar-refractivity contribution in [2.75, 3.05) is 35.6 Å². The van der Waals surface area contributed by atoms with Gasteiger partial charge in [-0.25, -0.2) is 4.98 Å². The van der Waals surface area contributed by atoms with E-state index in [1.165, 1.54) is 12.5 Å². The van der Waals surface area contributed by atoms with E-state index in [9.17, 15) is 9.00 Å². The van der Waals surface area contributed by atoms with Crippen LogP contribution in [0.25, 0.3) is 10.9 Å². The number of carbonyl (C=O) groups is 1. The van der Waals surface area contributed by atoms with Crippen LogP contribution in [0.1, 0.15) is 24.5 Å². The minimum Gasteiger partial charge on any atom is -0.384 e. The Morgan fingerprint density at radius 1 is 1.16 bits per heavy atom. The summed E-state index contributed by atoms with van der Waals surface area (Å²) >= 11 is 0. The number of benzene rings is 2. The fraction of sp³-hybridized carbons (Fsp3) is 0.333. The topological polar surface area (TPSA) is 74.3 Å². The lowest BCUT2D eigenvalue weighted by Gasteiger charge is -2.23. The molecule has 0 fully saturated rings. The predicted octanol–water partition coefficient (Wildman–Crippen LogP) is 3.61. The van der Waals surface area contributed by atoms with Crippen molar-refractivity contribution in [2.24, 2.45) is 0 Å². The van der Waals surface area contributed by atoms with Gasteiger partial charge in [0, 0.05) is 60.9 Å². The number of nitrogens with one attached hydrogen (secondary N) is 2. The van der Waals surface area contributed by atoms with E-state index >= 15 is 0 Å². The first-order valence-electron chi connectivity index (χ1n) is 10.6. The van der Waals surface area contributed by atoms with Crippen molar-refractivity contribution in [1.82, 2.24) is 10.3 Å². The second-order valence-electron chi connectivity index (χ2n) is 7.89. The van der Waals surface area contributed by atoms with Crippen molar-refractivity contribution in [2.45, 2.75) is 31.7 Å². The van der Waals surface area contributed by atoms with E-state index in [0.717, 1.165) is 45.8 Å². The van der Waals surface area contributed by atoms with Crippen molar-refractivity contribution < 1.29 is 9.00 Å². The molecule has 1 unspecified atom stereocenters. The van der Waals surface area contributed by atoms with Crippen LogP contribution >= 0.6 is 0 Å². The molecule has 0 bridgehead atoms. The number of rotatable bonds is 6. The summed E-state index contributed by atoms with van der Waals surface area (Å²) in [4.78, 5) is 19.2. The standard InChI is InChI=1S/C24H28N4O2S/c1-17-8-9-21-20(14-17)22(26-11-5-10-25-18(2)29)15-24(27-21)28-12-13-31(30)23-7-4-3-6-19(23)16-28/h3-4,6-9,14-15H,5,10-13,16H2,1-2H3,(H,25,29)(H,26,27). The van der Waals surface area contributed by atoms with Crippen LogP contribution in [0.4, 0.5) is 11.5 Å². The molecular formula is C24H28N4O2S. The van der Waals surface area contributed by atoms with Crippen LogP contribution in [0.2, 0.25) is 0 Å². The SMILES string of the molecule is CC(=O)NCCCNc1cc(N2CCS(=O)c3ccccc3C2)nc2ccc(C)cc12. The summed E-state index contributed by atoms with van der Waals surface area (Å²) in [5.41, 5.74) is 4.24. The first-order chi connectivity index (χ1) is 15.0. The Morgan fingerprint density at radius 3 is 2.84 bits per heavy atom. The molecule has 1 aliphatic rings. The van der Waals surface area contributed by atoms with Crippen LogP contribution in [0, 0.1) is 6.92 Å². The molecule has 6 nitrogen and oxygen atoms in total. The van der Waals surface area contributed by atoms with E-state index in [0.29, 0.717) is 25.4 Å². The Hall–Kier alpha value is -2.93. The van der Waals surface area contributed by atoms with E-state index in [1.54, 1.807) is 0 Å². The minimum atomic E-state index is -0.993. The summed E-state index contributed by atoms with van der Waals surface area (Å²) in [6.07, 6.45) is 0.834. The molecule has 0 saturated carbocycles. The molecule has 31 heavy (non-hydrogen) atoms. The third kappa shape index (κ3) is 5.05. The van der Waals surface area contributed by atoms with Crippen LogP contribution in [-0.4, -0.2) is 40.5 Å². The number of anilines is 2. The fourth-order valence-electron chi connectivity index (χ4n) is 3.85. The fourth-order valence-corrected chi connectivity index (χ4v) is 5.11. The van der Waals surface area contributed by atoms with Crippen LogP contribution in [0.3, 0.4) is 0 Å². The van der Waals surface area contributed by atoms with Gasteiger partial charge in [0.25, 0.3) is 0 Å². The van der Waals surface area contributed by atoms with Gasteiger partial charge < -0.3 is 15.5 Å². The Morgan fingerprint density at radius 2 is 2.00 bits per heavy atom. The van der Waals surface area contributed by atoms with Crippen LogP contribution in [0.5, 0.6) is 0 Å². The number of pyridine rings is 1. The molecule has 3 aromatic rings. The molecule has 1 amide bonds. The summed E-state index contributed by atoms with van der Waals surface area (Å²) in [6, 6.07) is 16.3. The molecule has 7 heteroatoms. The molecule has 0 aliphatic carbocycles. The van der Waals surface area contributed by atoms with Gasteiger partial charge >= 0.3 is 0 Å². The highest BCUT2D eigenvalue weighted by atomic mass is 32.2. The highest BCUT2D eigenvalue weighted by molar-refractivity contribution is 7.85. The van der Waals surface area contributed by atoms with Crippen LogP contribution < -0.4 is 15.5 Å². The summed E-state index contributed by atoms with van der Waals surface area (Å²) in [5, 5.41) is 7.45. The van der Waals surface area contributed by atoms with Crippen molar-refractivity contribution in [3.05, 3.63) is 59.7 Å². The third-order valence-corrected chi connectivity index (χ3v) is 6.89. The van der Waals surface area contributed by atoms with E-state index in [2.05, 4.69) is 52.8 Å². The maximum absolute atomic E-state index is 12.7. The number of aromatic nitrogens is 1. The molecule has 4 rings (SSSR count). The van der Waals surface area contributed by atoms with Crippen molar-refractivity contribution in [3.63, 3.8) is 0 Å². The summed E-state index contributed by atoms with van der Waals surface area (Å²) in [6.45, 7) is 6.38. The third-order valence-electron chi connectivity index (χ3n) is 5.44. The highest BCUT2D eigenvalue weighted by Gasteiger charge is 2.21. The Labute approximate surface area is 185 Å². The van der Waals surface area contributed by atoms with E-state index in [1.807, 2.05) is 18.2 Å². The summed E-state index contributed by atoms with van der Waals surface area (Å²) in [7, 11) is -0.993. The number of hydrogen-bond acceptors (Lipinski definition) is 5. The molecule has 1 atom stereocenters. The molecule has 0 saturated heterocycles. The lowest BCUT2D eigenvalue weighted by Crippen LogP contribution is -2.26. The molecule has 1 aromatic heterocycles. The molecule has 2 heterocycles. The lowest BCUT2D eigenvalue weighted by atomic mass is 10.1. The van der Waals surface area contributed by atoms with E-state index in [-0.39, 0.29) is 5.91 Å². The van der Waals surface area contributed by atoms with Gasteiger partial charge in [0.15, 0.2) is 0 Å². The van der Waals surface area contributed by atoms with E-state index in [4.69, 9.17) is 4.98 Å². The number of carbonyl (C=O) groups excluding carboxylic acids is 1. The quantitative estimate of drug-likeness (QED) is 0.578. The van der Waals surface area contributed by atoms with Crippen molar-refractivity contribution in [1.29, 1.82) is 0 Å². The zero-order valence-corrected chi connectivity index (χ0v) is 18.8. The van der Waals surface area contributed by atoms with Gasteiger partial charge in [0.2, 0.25) is 5.91 Å². The number of hydrogen-bond donors (Lipinski definition) is 2. The maximum atomic E-state index is 12.7. The summed E-state index contributed by atoms with van der Waals surface area (Å²) in [5.74, 6) is 1.46. The van der Waals surface area contributed by atoms with Gasteiger partial charge in [0.05, 0.1) is 16.3 Å². The normalized spacial score (nSPS) is 15.9. The number of aryl methyl sites for hydroxylation is 1. The van der Waals surface area contributed by atoms with Gasteiger partial charge in [-0.05, 0) is 37.1 Å². The molecule has 0 radical (unpaired) electrons. The zero-order valence-electron chi connectivity index (χ0n) is 18.0. The van der Waals surface area contributed by atoms with Gasteiger partial charge in [0.1, 0.15) is 5.82 Å². The van der Waals surface area contributed by atoms with Crippen molar-refractivity contribution in [3.8, 4) is 0 Å². The first-order valence-corrected chi connectivity index (χ1v) is 11.9. The average molecular weight is 437 g/mol. The van der Waals surface area contributed by atoms with E-state index < -0.39 is 10.8 Å². The Kier molecular flexibility index (Phi) is 6.51. The number of fused-ring (bicyclic) bond motifs is 2. The first kappa shape index (κ1) is 21.3. The number of nitrogens with zero attached hydrogens (tertiary/aromatic N) is 2.